The van der Waals surface area contributed by atoms with Gasteiger partial charge in [-0.3, -0.25) is 4.79 Å². The third kappa shape index (κ3) is 3.27. The number of furan rings is 1. The summed E-state index contributed by atoms with van der Waals surface area (Å²) < 4.78 is 20.9. The van der Waals surface area contributed by atoms with E-state index in [0.717, 1.165) is 0 Å². The van der Waals surface area contributed by atoms with Crippen LogP contribution in [0.3, 0.4) is 0 Å². The lowest BCUT2D eigenvalue weighted by Crippen LogP contribution is -2.02. The number of ketones is 1. The van der Waals surface area contributed by atoms with Crippen LogP contribution in [-0.2, 0) is 0 Å². The number of hydrogen-bond donors (Lipinski definition) is 2. The number of phenolic OH excluding ortho intramolecular Hbond substituents is 2. The Kier molecular flexibility index (Phi) is 4.94. The van der Waals surface area contributed by atoms with E-state index >= 15 is 0 Å². The molecule has 1 aromatic heterocycles. The van der Waals surface area contributed by atoms with Crippen molar-refractivity contribution >= 4 is 22.8 Å². The average Bonchev–Trinajstić information content (AvgIpc) is 3.13. The van der Waals surface area contributed by atoms with Crippen molar-refractivity contribution in [2.45, 2.75) is 0 Å². The number of aromatic hydroxyl groups is 2. The first kappa shape index (κ1) is 18.2. The van der Waals surface area contributed by atoms with Crippen LogP contribution in [0.2, 0.25) is 0 Å². The fourth-order valence-corrected chi connectivity index (χ4v) is 2.83. The van der Waals surface area contributed by atoms with Crippen molar-refractivity contribution < 1.29 is 33.6 Å². The second-order valence-corrected chi connectivity index (χ2v) is 5.62. The highest BCUT2D eigenvalue weighted by atomic mass is 16.5. The molecule has 0 saturated heterocycles. The van der Waals surface area contributed by atoms with E-state index in [9.17, 15) is 15.0 Å². The van der Waals surface area contributed by atoms with E-state index in [-0.39, 0.29) is 34.1 Å². The maximum absolute atomic E-state index is 12.8. The molecular formula is C20H18O7. The molecule has 7 nitrogen and oxygen atoms in total. The Labute approximate surface area is 155 Å². The maximum atomic E-state index is 12.8. The summed E-state index contributed by atoms with van der Waals surface area (Å²) in [5.74, 6) is -0.202. The minimum absolute atomic E-state index is 0.00311. The van der Waals surface area contributed by atoms with Gasteiger partial charge in [0.15, 0.2) is 17.1 Å². The molecule has 0 radical (unpaired) electrons. The fourth-order valence-electron chi connectivity index (χ4n) is 2.83. The Balaban J connectivity index is 2.08. The minimum Gasteiger partial charge on any atom is -0.508 e. The predicted molar refractivity (Wildman–Crippen MR) is 99.0 cm³/mol. The largest absolute Gasteiger partial charge is 0.508 e. The van der Waals surface area contributed by atoms with Crippen molar-refractivity contribution in [1.82, 2.24) is 0 Å². The van der Waals surface area contributed by atoms with Gasteiger partial charge in [-0.2, -0.15) is 0 Å². The lowest BCUT2D eigenvalue weighted by Gasteiger charge is -2.13. The zero-order valence-corrected chi connectivity index (χ0v) is 15.0. The van der Waals surface area contributed by atoms with Gasteiger partial charge in [0.1, 0.15) is 22.8 Å². The van der Waals surface area contributed by atoms with Gasteiger partial charge in [-0.15, -0.1) is 0 Å². The molecule has 3 aromatic rings. The van der Waals surface area contributed by atoms with Crippen LogP contribution in [0.1, 0.15) is 15.9 Å². The van der Waals surface area contributed by atoms with Crippen LogP contribution in [0.4, 0.5) is 0 Å². The van der Waals surface area contributed by atoms with Crippen LogP contribution < -0.4 is 14.2 Å². The van der Waals surface area contributed by atoms with Crippen LogP contribution in [0, 0.1) is 0 Å². The maximum Gasteiger partial charge on any atom is 0.205 e. The number of methoxy groups -OCH3 is 3. The molecule has 3 rings (SSSR count). The van der Waals surface area contributed by atoms with Gasteiger partial charge in [0.05, 0.1) is 33.0 Å². The number of benzene rings is 2. The first-order valence-electron chi connectivity index (χ1n) is 7.94. The third-order valence-corrected chi connectivity index (χ3v) is 4.03. The van der Waals surface area contributed by atoms with Crippen LogP contribution in [0.5, 0.6) is 28.7 Å². The molecule has 27 heavy (non-hydrogen) atoms. The van der Waals surface area contributed by atoms with Crippen LogP contribution >= 0.6 is 0 Å². The zero-order chi connectivity index (χ0) is 19.6. The molecule has 0 bridgehead atoms. The Morgan fingerprint density at radius 2 is 1.78 bits per heavy atom. The summed E-state index contributed by atoms with van der Waals surface area (Å²) in [7, 11) is 4.24. The fraction of sp³-hybridized carbons (Fsp3) is 0.150. The SMILES string of the molecule is COc1cc(O)cc(/C=C/C(=O)c2c(O)c(OC)c3occc3c2OC)c1. The monoisotopic (exact) mass is 370 g/mol. The minimum atomic E-state index is -0.506. The smallest absolute Gasteiger partial charge is 0.205 e. The van der Waals surface area contributed by atoms with Crippen LogP contribution in [0.15, 0.2) is 41.0 Å². The van der Waals surface area contributed by atoms with Crippen LogP contribution in [0.25, 0.3) is 17.0 Å². The molecule has 0 atom stereocenters. The normalized spacial score (nSPS) is 11.1. The zero-order valence-electron chi connectivity index (χ0n) is 15.0. The van der Waals surface area contributed by atoms with E-state index in [4.69, 9.17) is 18.6 Å². The topological polar surface area (TPSA) is 98.4 Å². The summed E-state index contributed by atoms with van der Waals surface area (Å²) in [5, 5.41) is 20.7. The van der Waals surface area contributed by atoms with Gasteiger partial charge in [-0.1, -0.05) is 6.08 Å². The highest BCUT2D eigenvalue weighted by Crippen LogP contribution is 2.45. The number of carbonyl (C=O) groups excluding carboxylic acids is 1. The molecule has 0 amide bonds. The first-order valence-corrected chi connectivity index (χ1v) is 7.94. The van der Waals surface area contributed by atoms with Gasteiger partial charge in [0.25, 0.3) is 0 Å². The predicted octanol–water partition coefficient (Wildman–Crippen LogP) is 3.77. The molecule has 7 heteroatoms. The van der Waals surface area contributed by atoms with Crippen molar-refractivity contribution in [2.75, 3.05) is 21.3 Å². The average molecular weight is 370 g/mol. The van der Waals surface area contributed by atoms with E-state index in [2.05, 4.69) is 0 Å². The van der Waals surface area contributed by atoms with E-state index in [1.165, 1.54) is 51.9 Å². The quantitative estimate of drug-likeness (QED) is 0.503. The number of fused-ring (bicyclic) bond motifs is 1. The molecule has 2 aromatic carbocycles. The Morgan fingerprint density at radius 3 is 2.44 bits per heavy atom. The van der Waals surface area contributed by atoms with Crippen molar-refractivity contribution in [3.63, 3.8) is 0 Å². The number of hydrogen-bond acceptors (Lipinski definition) is 7. The molecule has 0 fully saturated rings. The lowest BCUT2D eigenvalue weighted by molar-refractivity contribution is 0.104. The molecule has 0 aliphatic carbocycles. The van der Waals surface area contributed by atoms with Crippen molar-refractivity contribution in [3.8, 4) is 28.7 Å². The van der Waals surface area contributed by atoms with Gasteiger partial charge < -0.3 is 28.8 Å². The van der Waals surface area contributed by atoms with Crippen molar-refractivity contribution in [3.05, 3.63) is 47.7 Å². The summed E-state index contributed by atoms with van der Waals surface area (Å²) in [6, 6.07) is 6.20. The Hall–Kier alpha value is -3.61. The highest BCUT2D eigenvalue weighted by molar-refractivity contribution is 6.15. The molecule has 2 N–H and O–H groups in total. The van der Waals surface area contributed by atoms with E-state index < -0.39 is 5.78 Å². The summed E-state index contributed by atoms with van der Waals surface area (Å²) >= 11 is 0. The van der Waals surface area contributed by atoms with E-state index in [1.807, 2.05) is 0 Å². The number of rotatable bonds is 6. The van der Waals surface area contributed by atoms with Crippen LogP contribution in [-0.4, -0.2) is 37.3 Å². The third-order valence-electron chi connectivity index (χ3n) is 4.03. The second kappa shape index (κ2) is 7.33. The molecule has 0 aliphatic heterocycles. The van der Waals surface area contributed by atoms with Crippen molar-refractivity contribution in [1.29, 1.82) is 0 Å². The number of allylic oxidation sites excluding steroid dienone is 1. The summed E-state index contributed by atoms with van der Waals surface area (Å²) in [6.07, 6.45) is 4.17. The Bertz CT molecular complexity index is 1030. The van der Waals surface area contributed by atoms with Gasteiger partial charge in [0.2, 0.25) is 5.75 Å². The number of phenols is 2. The van der Waals surface area contributed by atoms with Gasteiger partial charge in [-0.25, -0.2) is 0 Å². The molecule has 1 heterocycles. The summed E-state index contributed by atoms with van der Waals surface area (Å²) in [6.45, 7) is 0. The Morgan fingerprint density at radius 1 is 1.04 bits per heavy atom. The molecule has 0 aliphatic rings. The van der Waals surface area contributed by atoms with Gasteiger partial charge >= 0.3 is 0 Å². The summed E-state index contributed by atoms with van der Waals surface area (Å²) in [4.78, 5) is 12.8. The molecule has 0 spiro atoms. The van der Waals surface area contributed by atoms with Gasteiger partial charge in [-0.05, 0) is 29.8 Å². The van der Waals surface area contributed by atoms with Crippen molar-refractivity contribution in [2.24, 2.45) is 0 Å². The number of ether oxygens (including phenoxy) is 3. The second-order valence-electron chi connectivity index (χ2n) is 5.62. The molecular weight excluding hydrogens is 352 g/mol. The van der Waals surface area contributed by atoms with E-state index in [1.54, 1.807) is 12.1 Å². The molecule has 0 saturated carbocycles. The standard InChI is InChI=1S/C20H18O7/c1-24-13-9-11(8-12(21)10-13)4-5-15(22)16-17(23)20(26-3)19-14(6-7-27-19)18(16)25-2/h4-10,21,23H,1-3H3/b5-4+. The molecule has 0 unspecified atom stereocenters. The van der Waals surface area contributed by atoms with Gasteiger partial charge in [0, 0.05) is 6.07 Å². The number of carbonyl (C=O) groups is 1. The van der Waals surface area contributed by atoms with E-state index in [0.29, 0.717) is 16.7 Å². The summed E-state index contributed by atoms with van der Waals surface area (Å²) in [5.41, 5.74) is 0.784. The highest BCUT2D eigenvalue weighted by Gasteiger charge is 2.26. The lowest BCUT2D eigenvalue weighted by atomic mass is 10.0. The molecule has 140 valence electrons. The first-order chi connectivity index (χ1) is 13.0.